The summed E-state index contributed by atoms with van der Waals surface area (Å²) in [5.41, 5.74) is 0.753. The van der Waals surface area contributed by atoms with Crippen LogP contribution in [0.5, 0.6) is 0 Å². The highest BCUT2D eigenvalue weighted by Crippen LogP contribution is 2.42. The molecule has 236 valence electrons. The molecule has 2 aliphatic rings. The summed E-state index contributed by atoms with van der Waals surface area (Å²) in [4.78, 5) is 24.5. The molecular weight excluding hydrogens is 662 g/mol. The van der Waals surface area contributed by atoms with Gasteiger partial charge in [-0.1, -0.05) is 22.7 Å². The van der Waals surface area contributed by atoms with Gasteiger partial charge >= 0.3 is 22.2 Å². The number of hydrogen-bond donors (Lipinski definition) is 1. The zero-order chi connectivity index (χ0) is 31.2. The van der Waals surface area contributed by atoms with Crippen LogP contribution in [0.25, 0.3) is 21.6 Å². The fourth-order valence-corrected chi connectivity index (χ4v) is 9.28. The van der Waals surface area contributed by atoms with Gasteiger partial charge in [-0.2, -0.15) is 21.6 Å². The summed E-state index contributed by atoms with van der Waals surface area (Å²) in [5.74, 6) is -1.98. The topological polar surface area (TPSA) is 122 Å². The highest BCUT2D eigenvalue weighted by molar-refractivity contribution is 7.94. The zero-order valence-electron chi connectivity index (χ0n) is 23.0. The van der Waals surface area contributed by atoms with E-state index in [0.717, 1.165) is 42.0 Å². The highest BCUT2D eigenvalue weighted by atomic mass is 32.2. The normalized spacial score (nSPS) is 18.6. The maximum Gasteiger partial charge on any atom is 0.493 e. The molecule has 0 bridgehead atoms. The third-order valence-electron chi connectivity index (χ3n) is 7.50. The number of halogens is 3. The number of carbonyl (C=O) groups is 1. The van der Waals surface area contributed by atoms with E-state index in [1.807, 2.05) is 10.6 Å². The molecule has 0 amide bonds. The summed E-state index contributed by atoms with van der Waals surface area (Å²) >= 11 is 0.400. The van der Waals surface area contributed by atoms with Crippen LogP contribution >= 0.6 is 22.7 Å². The molecule has 1 aliphatic carbocycles. The van der Waals surface area contributed by atoms with Gasteiger partial charge in [0.2, 0.25) is 0 Å². The van der Waals surface area contributed by atoms with E-state index in [2.05, 4.69) is 14.7 Å². The fourth-order valence-electron chi connectivity index (χ4n) is 5.34. The van der Waals surface area contributed by atoms with Gasteiger partial charge in [0.05, 0.1) is 17.0 Å². The van der Waals surface area contributed by atoms with Gasteiger partial charge in [-0.15, -0.1) is 22.7 Å². The number of likely N-dealkylation sites (tertiary alicyclic amines) is 1. The molecule has 10 nitrogen and oxygen atoms in total. The van der Waals surface area contributed by atoms with E-state index >= 15 is 0 Å². The second kappa shape index (κ2) is 12.2. The molecule has 44 heavy (non-hydrogen) atoms. The predicted molar refractivity (Wildman–Crippen MR) is 161 cm³/mol. The largest absolute Gasteiger partial charge is 0.493 e. The first-order chi connectivity index (χ1) is 20.9. The number of sulfonamides is 1. The molecule has 1 aliphatic heterocycles. The van der Waals surface area contributed by atoms with Crippen LogP contribution in [-0.2, 0) is 43.8 Å². The lowest BCUT2D eigenvalue weighted by Crippen LogP contribution is -2.38. The summed E-state index contributed by atoms with van der Waals surface area (Å²) in [6.45, 7) is 2.58. The Morgan fingerprint density at radius 3 is 2.66 bits per heavy atom. The van der Waals surface area contributed by atoms with Gasteiger partial charge in [0.15, 0.2) is 11.1 Å². The first-order valence-electron chi connectivity index (χ1n) is 13.6. The lowest BCUT2D eigenvalue weighted by molar-refractivity contribution is -0.199. The second-order valence-corrected chi connectivity index (χ2v) is 15.9. The molecule has 4 aromatic rings. The lowest BCUT2D eigenvalue weighted by Gasteiger charge is -2.24. The number of carbonyl (C=O) groups excluding carboxylic acids is 1. The number of rotatable bonds is 11. The maximum absolute atomic E-state index is 13.6. The number of fused-ring (bicyclic) bond motifs is 1. The van der Waals surface area contributed by atoms with Crippen LogP contribution in [0, 0.1) is 11.8 Å². The van der Waals surface area contributed by atoms with Crippen molar-refractivity contribution >= 4 is 66.3 Å². The van der Waals surface area contributed by atoms with E-state index in [-0.39, 0.29) is 32.0 Å². The van der Waals surface area contributed by atoms with Gasteiger partial charge in [-0.05, 0) is 61.2 Å². The minimum absolute atomic E-state index is 0.0840. The van der Waals surface area contributed by atoms with Crippen LogP contribution in [0.3, 0.4) is 0 Å². The summed E-state index contributed by atoms with van der Waals surface area (Å²) in [7, 11) is -4.72. The van der Waals surface area contributed by atoms with Crippen LogP contribution in [0.4, 0.5) is 18.9 Å². The monoisotopic (exact) mass is 688 g/mol. The molecule has 17 heteroatoms. The number of thiophene rings is 1. The van der Waals surface area contributed by atoms with Gasteiger partial charge in [-0.3, -0.25) is 4.90 Å². The van der Waals surface area contributed by atoms with Crippen LogP contribution in [0.1, 0.15) is 24.1 Å². The lowest BCUT2D eigenvalue weighted by atomic mass is 10.2. The van der Waals surface area contributed by atoms with Crippen molar-refractivity contribution in [2.24, 2.45) is 11.8 Å². The van der Waals surface area contributed by atoms with E-state index in [1.54, 1.807) is 12.3 Å². The summed E-state index contributed by atoms with van der Waals surface area (Å²) in [5, 5.41) is 2.65. The van der Waals surface area contributed by atoms with Crippen molar-refractivity contribution in [1.82, 2.24) is 14.5 Å². The number of hydrogen-bond acceptors (Lipinski definition) is 9. The quantitative estimate of drug-likeness (QED) is 0.162. The smallest absolute Gasteiger partial charge is 0.336 e. The Hall–Kier alpha value is -2.83. The van der Waals surface area contributed by atoms with Crippen LogP contribution < -0.4 is 4.47 Å². The predicted octanol–water partition coefficient (Wildman–Crippen LogP) is 5.50. The van der Waals surface area contributed by atoms with E-state index in [1.165, 1.54) is 41.0 Å². The summed E-state index contributed by atoms with van der Waals surface area (Å²) < 4.78 is 89.4. The van der Waals surface area contributed by atoms with Crippen molar-refractivity contribution in [1.29, 1.82) is 0 Å². The molecule has 4 heterocycles. The van der Waals surface area contributed by atoms with Gasteiger partial charge in [0, 0.05) is 36.1 Å². The van der Waals surface area contributed by atoms with Crippen molar-refractivity contribution in [2.75, 3.05) is 23.3 Å². The van der Waals surface area contributed by atoms with Crippen molar-refractivity contribution in [2.45, 2.75) is 42.7 Å². The van der Waals surface area contributed by atoms with Gasteiger partial charge in [-0.25, -0.2) is 14.0 Å². The van der Waals surface area contributed by atoms with Crippen molar-refractivity contribution in [3.8, 4) is 10.7 Å². The van der Waals surface area contributed by atoms with Gasteiger partial charge < -0.3 is 14.0 Å². The minimum Gasteiger partial charge on any atom is -0.336 e. The first kappa shape index (κ1) is 31.2. The average molecular weight is 689 g/mol. The van der Waals surface area contributed by atoms with E-state index in [0.29, 0.717) is 41.2 Å². The van der Waals surface area contributed by atoms with E-state index < -0.39 is 33.2 Å². The van der Waals surface area contributed by atoms with E-state index in [9.17, 15) is 35.1 Å². The van der Waals surface area contributed by atoms with Crippen LogP contribution in [0.2, 0.25) is 0 Å². The summed E-state index contributed by atoms with van der Waals surface area (Å²) in [6, 6.07) is 9.02. The number of thiazole rings is 1. The third-order valence-corrected chi connectivity index (χ3v) is 12.2. The molecule has 1 aromatic carbocycles. The van der Waals surface area contributed by atoms with Crippen LogP contribution in [-0.4, -0.2) is 62.6 Å². The molecule has 6 rings (SSSR count). The number of para-hydroxylation sites is 1. The Kier molecular flexibility index (Phi) is 8.62. The number of nitrogens with zero attached hydrogens (tertiary/aromatic N) is 4. The van der Waals surface area contributed by atoms with Crippen molar-refractivity contribution < 1.29 is 40.0 Å². The Morgan fingerprint density at radius 1 is 1.18 bits per heavy atom. The zero-order valence-corrected chi connectivity index (χ0v) is 26.2. The van der Waals surface area contributed by atoms with Gasteiger partial charge in [0.25, 0.3) is 0 Å². The van der Waals surface area contributed by atoms with Crippen molar-refractivity contribution in [3.63, 3.8) is 0 Å². The fraction of sp³-hybridized carbons (Fsp3) is 0.407. The number of aromatic nitrogens is 2. The molecule has 3 aromatic heterocycles. The van der Waals surface area contributed by atoms with E-state index in [4.69, 9.17) is 0 Å². The Bertz CT molecular complexity index is 1800. The average Bonchev–Trinajstić information content (AvgIpc) is 3.39. The molecule has 1 N–H and O–H groups in total. The van der Waals surface area contributed by atoms with Crippen LogP contribution in [0.15, 0.2) is 52.2 Å². The molecular formula is C27H27F3N4O6S4. The maximum atomic E-state index is 13.6. The van der Waals surface area contributed by atoms with Gasteiger partial charge in [0.1, 0.15) is 14.9 Å². The minimum atomic E-state index is -5.43. The number of benzene rings is 1. The SMILES string of the molecule is O=C(ON(c1cccc2cc(-c3ncc(CN4CCC(CS(=O)O)C4)s3)n(CC3CC3)c12)S(=O)(=O)c1cccs1)C(F)(F)F. The molecule has 1 saturated carbocycles. The molecule has 2 fully saturated rings. The molecule has 2 atom stereocenters. The third kappa shape index (κ3) is 6.57. The number of anilines is 1. The molecule has 2 unspecified atom stereocenters. The summed E-state index contributed by atoms with van der Waals surface area (Å²) in [6.07, 6.45) is -0.949. The van der Waals surface area contributed by atoms with Crippen molar-refractivity contribution in [3.05, 3.63) is 52.9 Å². The molecule has 0 spiro atoms. The Morgan fingerprint density at radius 2 is 1.98 bits per heavy atom. The standard InChI is InChI=1S/C27H27F3N4O6S4/c28-27(29,30)26(35)40-34(44(38,39)23-5-2-10-41-23)21-4-1-3-19-11-22(33(24(19)21)14-17-6-7-17)25-31-12-20(42-25)15-32-9-8-18(13-32)16-43(36)37/h1-5,10-12,17-18H,6-9,13-16H2,(H,36,37). The number of alkyl halides is 3. The Balaban J connectivity index is 1.40. The highest BCUT2D eigenvalue weighted by Gasteiger charge is 2.45. The molecule has 1 saturated heterocycles. The first-order valence-corrected chi connectivity index (χ1v) is 18.1. The molecule has 0 radical (unpaired) electrons. The Labute approximate surface area is 261 Å². The second-order valence-electron chi connectivity index (χ2n) is 10.8.